The third-order valence-electron chi connectivity index (χ3n) is 3.36. The van der Waals surface area contributed by atoms with Gasteiger partial charge in [-0.3, -0.25) is 4.99 Å². The van der Waals surface area contributed by atoms with Crippen LogP contribution in [0.25, 0.3) is 0 Å². The summed E-state index contributed by atoms with van der Waals surface area (Å²) in [5, 5.41) is 0. The van der Waals surface area contributed by atoms with Crippen LogP contribution in [0.3, 0.4) is 0 Å². The molecule has 1 aromatic rings. The molecule has 0 amide bonds. The summed E-state index contributed by atoms with van der Waals surface area (Å²) in [4.78, 5) is 15.7. The topological polar surface area (TPSA) is 134 Å². The molecule has 26 heavy (non-hydrogen) atoms. The van der Waals surface area contributed by atoms with E-state index >= 15 is 0 Å². The molecule has 146 valence electrons. The van der Waals surface area contributed by atoms with Gasteiger partial charge in [0.05, 0.1) is 17.9 Å². The lowest BCUT2D eigenvalue weighted by Gasteiger charge is -2.07. The number of guanidine groups is 1. The number of rotatable bonds is 12. The van der Waals surface area contributed by atoms with Gasteiger partial charge >= 0.3 is 16.1 Å². The fourth-order valence-electron chi connectivity index (χ4n) is 2.11. The van der Waals surface area contributed by atoms with Gasteiger partial charge in [0.1, 0.15) is 5.75 Å². The Kier molecular flexibility index (Phi) is 9.50. The van der Waals surface area contributed by atoms with Crippen molar-refractivity contribution in [3.8, 4) is 5.75 Å². The van der Waals surface area contributed by atoms with Crippen molar-refractivity contribution >= 4 is 22.0 Å². The van der Waals surface area contributed by atoms with Crippen molar-refractivity contribution < 1.29 is 22.1 Å². The van der Waals surface area contributed by atoms with Crippen molar-refractivity contribution in [3.05, 3.63) is 29.8 Å². The van der Waals surface area contributed by atoms with Crippen molar-refractivity contribution in [2.75, 3.05) is 18.9 Å². The van der Waals surface area contributed by atoms with Crippen molar-refractivity contribution in [3.63, 3.8) is 0 Å². The molecule has 0 bridgehead atoms. The van der Waals surface area contributed by atoms with Crippen LogP contribution in [0.2, 0.25) is 0 Å². The molecule has 0 unspecified atom stereocenters. The molecule has 0 atom stereocenters. The molecule has 0 saturated carbocycles. The lowest BCUT2D eigenvalue weighted by atomic mass is 10.2. The number of ether oxygens (including phenoxy) is 1. The zero-order valence-corrected chi connectivity index (χ0v) is 15.8. The largest absolute Gasteiger partial charge is 0.494 e. The molecule has 0 aliphatic carbocycles. The first-order valence-corrected chi connectivity index (χ1v) is 10.2. The first-order valence-electron chi connectivity index (χ1n) is 8.59. The number of unbranched alkanes of at least 4 members (excludes halogenated alkanes) is 3. The summed E-state index contributed by atoms with van der Waals surface area (Å²) in [6.45, 7) is 2.88. The standard InChI is InChI=1S/C17H27N3O5S/c1-2-13-26(22,23)25-16(21)14-7-9-15(10-8-14)24-12-6-4-3-5-11-20-17(18)19/h7-10H,2-6,11-13H2,1H3,(H4,18,19,20). The molecule has 1 rings (SSSR count). The molecular weight excluding hydrogens is 358 g/mol. The number of hydrogen-bond acceptors (Lipinski definition) is 6. The van der Waals surface area contributed by atoms with Crippen LogP contribution in [0.15, 0.2) is 29.3 Å². The molecule has 0 heterocycles. The molecule has 8 nitrogen and oxygen atoms in total. The Morgan fingerprint density at radius 1 is 1.08 bits per heavy atom. The maximum atomic E-state index is 11.8. The van der Waals surface area contributed by atoms with Gasteiger partial charge < -0.3 is 20.4 Å². The minimum atomic E-state index is -3.82. The molecule has 1 aromatic carbocycles. The molecule has 0 fully saturated rings. The highest BCUT2D eigenvalue weighted by Gasteiger charge is 2.17. The maximum Gasteiger partial charge on any atom is 0.353 e. The molecule has 0 radical (unpaired) electrons. The highest BCUT2D eigenvalue weighted by atomic mass is 32.2. The molecular formula is C17H27N3O5S. The third-order valence-corrected chi connectivity index (χ3v) is 4.68. The number of aliphatic imine (C=N–C) groups is 1. The van der Waals surface area contributed by atoms with Crippen LogP contribution >= 0.6 is 0 Å². The number of nitrogens with two attached hydrogens (primary N) is 2. The van der Waals surface area contributed by atoms with E-state index in [1.165, 1.54) is 12.1 Å². The fraction of sp³-hybridized carbons (Fsp3) is 0.529. The van der Waals surface area contributed by atoms with Crippen LogP contribution in [-0.2, 0) is 14.3 Å². The van der Waals surface area contributed by atoms with Crippen molar-refractivity contribution in [1.82, 2.24) is 0 Å². The van der Waals surface area contributed by atoms with Crippen LogP contribution in [0.1, 0.15) is 49.4 Å². The fourth-order valence-corrected chi connectivity index (χ4v) is 3.02. The molecule has 0 aliphatic heterocycles. The van der Waals surface area contributed by atoms with Gasteiger partial charge in [-0.15, -0.1) is 0 Å². The Morgan fingerprint density at radius 3 is 2.35 bits per heavy atom. The Hall–Kier alpha value is -2.29. The smallest absolute Gasteiger partial charge is 0.353 e. The number of carbonyl (C=O) groups excluding carboxylic acids is 1. The second kappa shape index (κ2) is 11.3. The molecule has 0 aromatic heterocycles. The first kappa shape index (κ1) is 21.8. The van der Waals surface area contributed by atoms with Gasteiger partial charge in [-0.25, -0.2) is 4.79 Å². The van der Waals surface area contributed by atoms with Gasteiger partial charge in [-0.2, -0.15) is 8.42 Å². The number of nitrogens with zero attached hydrogens (tertiary/aromatic N) is 1. The predicted octanol–water partition coefficient (Wildman–Crippen LogP) is 1.80. The molecule has 0 aliphatic rings. The van der Waals surface area contributed by atoms with Crippen LogP contribution in [-0.4, -0.2) is 39.3 Å². The van der Waals surface area contributed by atoms with Crippen molar-refractivity contribution in [2.24, 2.45) is 16.5 Å². The van der Waals surface area contributed by atoms with Crippen LogP contribution < -0.4 is 16.2 Å². The van der Waals surface area contributed by atoms with Gasteiger partial charge in [-0.1, -0.05) is 13.3 Å². The summed E-state index contributed by atoms with van der Waals surface area (Å²) in [5.74, 6) is -0.348. The minimum Gasteiger partial charge on any atom is -0.494 e. The minimum absolute atomic E-state index is 0.114. The average Bonchev–Trinajstić information content (AvgIpc) is 2.57. The zero-order chi connectivity index (χ0) is 19.4. The summed E-state index contributed by atoms with van der Waals surface area (Å²) in [6.07, 6.45) is 4.21. The quantitative estimate of drug-likeness (QED) is 0.242. The summed E-state index contributed by atoms with van der Waals surface area (Å²) in [7, 11) is -3.82. The highest BCUT2D eigenvalue weighted by Crippen LogP contribution is 2.15. The summed E-state index contributed by atoms with van der Waals surface area (Å²) in [5.41, 5.74) is 10.6. The third kappa shape index (κ3) is 9.26. The second-order valence-electron chi connectivity index (χ2n) is 5.73. The van der Waals surface area contributed by atoms with Crippen LogP contribution in [0.5, 0.6) is 5.75 Å². The maximum absolute atomic E-state index is 11.8. The van der Waals surface area contributed by atoms with Gasteiger partial charge in [0, 0.05) is 6.54 Å². The Labute approximate surface area is 154 Å². The molecule has 0 spiro atoms. The Morgan fingerprint density at radius 2 is 1.73 bits per heavy atom. The molecule has 0 saturated heterocycles. The predicted molar refractivity (Wildman–Crippen MR) is 101 cm³/mol. The van der Waals surface area contributed by atoms with E-state index in [4.69, 9.17) is 16.2 Å². The summed E-state index contributed by atoms with van der Waals surface area (Å²) >= 11 is 0. The Balaban J connectivity index is 2.30. The first-order chi connectivity index (χ1) is 12.3. The normalized spacial score (nSPS) is 11.0. The number of carbonyl (C=O) groups is 1. The van der Waals surface area contributed by atoms with E-state index in [1.54, 1.807) is 19.1 Å². The SMILES string of the molecule is CCCS(=O)(=O)OC(=O)c1ccc(OCCCCCCN=C(N)N)cc1. The average molecular weight is 385 g/mol. The van der Waals surface area contributed by atoms with Crippen LogP contribution in [0.4, 0.5) is 0 Å². The van der Waals surface area contributed by atoms with E-state index in [1.807, 2.05) is 0 Å². The number of hydrogen-bond donors (Lipinski definition) is 2. The summed E-state index contributed by atoms with van der Waals surface area (Å²) in [6, 6.07) is 6.19. The van der Waals surface area contributed by atoms with E-state index < -0.39 is 16.1 Å². The zero-order valence-electron chi connectivity index (χ0n) is 15.0. The lowest BCUT2D eigenvalue weighted by Crippen LogP contribution is -2.22. The van der Waals surface area contributed by atoms with Gasteiger partial charge in [0.2, 0.25) is 0 Å². The highest BCUT2D eigenvalue weighted by molar-refractivity contribution is 7.87. The Bertz CT molecular complexity index is 683. The monoisotopic (exact) mass is 385 g/mol. The van der Waals surface area contributed by atoms with Gasteiger partial charge in [-0.05, 0) is 49.9 Å². The number of benzene rings is 1. The van der Waals surface area contributed by atoms with E-state index in [2.05, 4.69) is 9.18 Å². The molecule has 9 heteroatoms. The van der Waals surface area contributed by atoms with Gasteiger partial charge in [0.25, 0.3) is 0 Å². The van der Waals surface area contributed by atoms with E-state index in [0.29, 0.717) is 25.3 Å². The summed E-state index contributed by atoms with van der Waals surface area (Å²) < 4.78 is 33.1. The van der Waals surface area contributed by atoms with Gasteiger partial charge in [0.15, 0.2) is 5.96 Å². The van der Waals surface area contributed by atoms with Crippen LogP contribution in [0, 0.1) is 0 Å². The lowest BCUT2D eigenvalue weighted by molar-refractivity contribution is 0.0747. The van der Waals surface area contributed by atoms with E-state index in [0.717, 1.165) is 25.7 Å². The van der Waals surface area contributed by atoms with E-state index in [-0.39, 0.29) is 17.3 Å². The van der Waals surface area contributed by atoms with Crippen molar-refractivity contribution in [1.29, 1.82) is 0 Å². The van der Waals surface area contributed by atoms with Crippen molar-refractivity contribution in [2.45, 2.75) is 39.0 Å². The second-order valence-corrected chi connectivity index (χ2v) is 7.42. The molecule has 4 N–H and O–H groups in total. The van der Waals surface area contributed by atoms with E-state index in [9.17, 15) is 13.2 Å².